The first kappa shape index (κ1) is 17.4. The van der Waals surface area contributed by atoms with Crippen LogP contribution in [0.1, 0.15) is 71.1 Å². The van der Waals surface area contributed by atoms with Gasteiger partial charge in [0.25, 0.3) is 0 Å². The van der Waals surface area contributed by atoms with Crippen molar-refractivity contribution in [1.82, 2.24) is 0 Å². The minimum absolute atomic E-state index is 0.197. The highest BCUT2D eigenvalue weighted by Gasteiger charge is 2.09. The maximum Gasteiger partial charge on any atom is 0.322 e. The molecule has 4 nitrogen and oxygen atoms in total. The van der Waals surface area contributed by atoms with E-state index in [2.05, 4.69) is 11.1 Å². The van der Waals surface area contributed by atoms with Crippen molar-refractivity contribution in [2.75, 3.05) is 6.26 Å². The molecule has 0 bridgehead atoms. The molecule has 0 aromatic carbocycles. The van der Waals surface area contributed by atoms with Crippen LogP contribution in [-0.4, -0.2) is 20.6 Å². The molecule has 0 amide bonds. The molecular formula is C13H26O4S. The van der Waals surface area contributed by atoms with Gasteiger partial charge in [-0.2, -0.15) is 8.42 Å². The summed E-state index contributed by atoms with van der Waals surface area (Å²) in [6.07, 6.45) is 11.5. The van der Waals surface area contributed by atoms with Crippen molar-refractivity contribution in [1.29, 1.82) is 0 Å². The molecule has 0 fully saturated rings. The molecule has 0 N–H and O–H groups in total. The van der Waals surface area contributed by atoms with Crippen LogP contribution in [-0.2, 0) is 19.1 Å². The first-order valence-corrected chi connectivity index (χ1v) is 8.69. The summed E-state index contributed by atoms with van der Waals surface area (Å²) in [4.78, 5) is 11.1. The van der Waals surface area contributed by atoms with E-state index < -0.39 is 16.1 Å². The van der Waals surface area contributed by atoms with E-state index in [-0.39, 0.29) is 6.42 Å². The van der Waals surface area contributed by atoms with Gasteiger partial charge in [-0.15, -0.1) is 0 Å². The molecule has 0 aromatic heterocycles. The Morgan fingerprint density at radius 3 is 1.78 bits per heavy atom. The molecule has 0 saturated heterocycles. The van der Waals surface area contributed by atoms with E-state index >= 15 is 0 Å². The molecular weight excluding hydrogens is 252 g/mol. The lowest BCUT2D eigenvalue weighted by atomic mass is 10.1. The zero-order valence-electron chi connectivity index (χ0n) is 11.6. The highest BCUT2D eigenvalue weighted by molar-refractivity contribution is 7.86. The van der Waals surface area contributed by atoms with E-state index in [1.54, 1.807) is 0 Å². The number of carbonyl (C=O) groups excluding carboxylic acids is 1. The van der Waals surface area contributed by atoms with Crippen molar-refractivity contribution >= 4 is 16.1 Å². The van der Waals surface area contributed by atoms with E-state index in [0.29, 0.717) is 6.42 Å². The van der Waals surface area contributed by atoms with Crippen LogP contribution in [0.25, 0.3) is 0 Å². The minimum atomic E-state index is -3.63. The fourth-order valence-electron chi connectivity index (χ4n) is 1.79. The van der Waals surface area contributed by atoms with Crippen molar-refractivity contribution in [3.8, 4) is 0 Å². The number of hydrogen-bond donors (Lipinski definition) is 0. The third-order valence-electron chi connectivity index (χ3n) is 2.73. The number of unbranched alkanes of at least 4 members (excludes halogenated alkanes) is 8. The Balaban J connectivity index is 3.28. The van der Waals surface area contributed by atoms with E-state index in [4.69, 9.17) is 0 Å². The van der Waals surface area contributed by atoms with Crippen LogP contribution in [0.2, 0.25) is 0 Å². The maximum absolute atomic E-state index is 11.1. The lowest BCUT2D eigenvalue weighted by Gasteiger charge is -2.02. The van der Waals surface area contributed by atoms with E-state index in [1.165, 1.54) is 38.5 Å². The van der Waals surface area contributed by atoms with Crippen molar-refractivity contribution in [3.05, 3.63) is 0 Å². The molecule has 0 unspecified atom stereocenters. The topological polar surface area (TPSA) is 60.4 Å². The largest absolute Gasteiger partial charge is 0.346 e. The van der Waals surface area contributed by atoms with Crippen LogP contribution in [0.5, 0.6) is 0 Å². The maximum atomic E-state index is 11.1. The van der Waals surface area contributed by atoms with Gasteiger partial charge < -0.3 is 4.18 Å². The molecule has 0 radical (unpaired) electrons. The molecule has 0 heterocycles. The Morgan fingerprint density at radius 2 is 1.33 bits per heavy atom. The normalized spacial score (nSPS) is 11.4. The van der Waals surface area contributed by atoms with Crippen LogP contribution in [0.15, 0.2) is 0 Å². The van der Waals surface area contributed by atoms with Gasteiger partial charge in [0.05, 0.1) is 6.26 Å². The van der Waals surface area contributed by atoms with Crippen LogP contribution in [0, 0.1) is 0 Å². The molecule has 0 saturated carbocycles. The number of carbonyl (C=O) groups is 1. The Morgan fingerprint density at radius 1 is 0.889 bits per heavy atom. The Labute approximate surface area is 111 Å². The highest BCUT2D eigenvalue weighted by atomic mass is 32.2. The van der Waals surface area contributed by atoms with Gasteiger partial charge in [0.1, 0.15) is 0 Å². The van der Waals surface area contributed by atoms with E-state index in [0.717, 1.165) is 19.1 Å². The van der Waals surface area contributed by atoms with Crippen LogP contribution in [0.3, 0.4) is 0 Å². The molecule has 0 aliphatic rings. The van der Waals surface area contributed by atoms with E-state index in [9.17, 15) is 13.2 Å². The third kappa shape index (κ3) is 13.5. The fourth-order valence-corrected chi connectivity index (χ4v) is 2.21. The molecule has 5 heteroatoms. The third-order valence-corrected chi connectivity index (χ3v) is 3.22. The van der Waals surface area contributed by atoms with Gasteiger partial charge in [0, 0.05) is 6.42 Å². The summed E-state index contributed by atoms with van der Waals surface area (Å²) in [6, 6.07) is 0. The lowest BCUT2D eigenvalue weighted by Crippen LogP contribution is -2.10. The smallest absolute Gasteiger partial charge is 0.322 e. The second-order valence-electron chi connectivity index (χ2n) is 4.74. The van der Waals surface area contributed by atoms with Gasteiger partial charge in [-0.1, -0.05) is 58.3 Å². The quantitative estimate of drug-likeness (QED) is 0.429. The lowest BCUT2D eigenvalue weighted by molar-refractivity contribution is -0.133. The zero-order valence-corrected chi connectivity index (χ0v) is 12.4. The first-order valence-electron chi connectivity index (χ1n) is 6.88. The van der Waals surface area contributed by atoms with Crippen LogP contribution < -0.4 is 0 Å². The highest BCUT2D eigenvalue weighted by Crippen LogP contribution is 2.10. The Hall–Kier alpha value is -0.580. The summed E-state index contributed by atoms with van der Waals surface area (Å²) >= 11 is 0. The standard InChI is InChI=1S/C13H26O4S/c1-3-4-5-6-7-8-9-10-11-12-13(14)17-18(2,15)16/h3-12H2,1-2H3. The summed E-state index contributed by atoms with van der Waals surface area (Å²) < 4.78 is 25.6. The molecule has 0 aromatic rings. The Bertz CT molecular complexity index is 309. The molecule has 0 atom stereocenters. The molecule has 0 aliphatic carbocycles. The summed E-state index contributed by atoms with van der Waals surface area (Å²) in [6.45, 7) is 2.20. The Kier molecular flexibility index (Phi) is 10.0. The average molecular weight is 278 g/mol. The molecule has 0 spiro atoms. The molecule has 0 rings (SSSR count). The van der Waals surface area contributed by atoms with Crippen molar-refractivity contribution in [2.45, 2.75) is 71.1 Å². The van der Waals surface area contributed by atoms with Crippen LogP contribution in [0.4, 0.5) is 0 Å². The molecule has 108 valence electrons. The van der Waals surface area contributed by atoms with Gasteiger partial charge >= 0.3 is 16.1 Å². The predicted octanol–water partition coefficient (Wildman–Crippen LogP) is 3.41. The average Bonchev–Trinajstić information content (AvgIpc) is 2.24. The monoisotopic (exact) mass is 278 g/mol. The van der Waals surface area contributed by atoms with Crippen molar-refractivity contribution in [2.24, 2.45) is 0 Å². The summed E-state index contributed by atoms with van der Waals surface area (Å²) in [7, 11) is -3.63. The van der Waals surface area contributed by atoms with Gasteiger partial charge in [-0.25, -0.2) is 0 Å². The van der Waals surface area contributed by atoms with Crippen molar-refractivity contribution < 1.29 is 17.4 Å². The zero-order chi connectivity index (χ0) is 13.9. The second kappa shape index (κ2) is 10.4. The molecule has 18 heavy (non-hydrogen) atoms. The van der Waals surface area contributed by atoms with Crippen molar-refractivity contribution in [3.63, 3.8) is 0 Å². The minimum Gasteiger partial charge on any atom is -0.346 e. The van der Waals surface area contributed by atoms with Crippen LogP contribution >= 0.6 is 0 Å². The molecule has 0 aliphatic heterocycles. The SMILES string of the molecule is CCCCCCCCCCCC(=O)OS(C)(=O)=O. The summed E-state index contributed by atoms with van der Waals surface area (Å²) in [5.41, 5.74) is 0. The van der Waals surface area contributed by atoms with Gasteiger partial charge in [0.2, 0.25) is 0 Å². The predicted molar refractivity (Wildman–Crippen MR) is 72.8 cm³/mol. The summed E-state index contributed by atoms with van der Waals surface area (Å²) in [5, 5.41) is 0. The second-order valence-corrected chi connectivity index (χ2v) is 6.31. The summed E-state index contributed by atoms with van der Waals surface area (Å²) in [5.74, 6) is -0.638. The number of rotatable bonds is 11. The fraction of sp³-hybridized carbons (Fsp3) is 0.923. The van der Waals surface area contributed by atoms with Gasteiger partial charge in [-0.05, 0) is 6.42 Å². The van der Waals surface area contributed by atoms with E-state index in [1.807, 2.05) is 0 Å². The number of hydrogen-bond acceptors (Lipinski definition) is 4. The van der Waals surface area contributed by atoms with Gasteiger partial charge in [0.15, 0.2) is 0 Å². The van der Waals surface area contributed by atoms with Gasteiger partial charge in [-0.3, -0.25) is 4.79 Å². The first-order chi connectivity index (χ1) is 8.45.